The molecule has 0 fully saturated rings. The Morgan fingerprint density at radius 3 is 2.75 bits per heavy atom. The van der Waals surface area contributed by atoms with Crippen LogP contribution in [0.25, 0.3) is 10.9 Å². The first-order valence-corrected chi connectivity index (χ1v) is 5.74. The van der Waals surface area contributed by atoms with Gasteiger partial charge in [0.25, 0.3) is 0 Å². The molecule has 2 N–H and O–H groups in total. The molecule has 0 aliphatic rings. The quantitative estimate of drug-likeness (QED) is 0.855. The number of aromatic nitrogens is 2. The SMILES string of the molecule is CCCC(C)c1nc(N)c2ccccc2n1. The molecule has 3 nitrogen and oxygen atoms in total. The molecular formula is C13H17N3. The summed E-state index contributed by atoms with van der Waals surface area (Å²) < 4.78 is 0. The zero-order valence-electron chi connectivity index (χ0n) is 9.77. The molecule has 3 heteroatoms. The van der Waals surface area contributed by atoms with Crippen LogP contribution in [0.1, 0.15) is 38.4 Å². The van der Waals surface area contributed by atoms with Gasteiger partial charge in [0.2, 0.25) is 0 Å². The highest BCUT2D eigenvalue weighted by atomic mass is 14.9. The predicted octanol–water partition coefficient (Wildman–Crippen LogP) is 3.12. The molecule has 1 atom stereocenters. The van der Waals surface area contributed by atoms with Gasteiger partial charge in [-0.15, -0.1) is 0 Å². The van der Waals surface area contributed by atoms with Crippen molar-refractivity contribution in [1.29, 1.82) is 0 Å². The highest BCUT2D eigenvalue weighted by Gasteiger charge is 2.10. The summed E-state index contributed by atoms with van der Waals surface area (Å²) in [5.41, 5.74) is 6.88. The summed E-state index contributed by atoms with van der Waals surface area (Å²) in [5.74, 6) is 1.82. The highest BCUT2D eigenvalue weighted by molar-refractivity contribution is 5.87. The molecule has 1 aromatic carbocycles. The number of nitrogen functional groups attached to an aromatic ring is 1. The predicted molar refractivity (Wildman–Crippen MR) is 67.3 cm³/mol. The molecule has 0 aliphatic heterocycles. The van der Waals surface area contributed by atoms with E-state index in [1.54, 1.807) is 0 Å². The van der Waals surface area contributed by atoms with Gasteiger partial charge in [-0.3, -0.25) is 0 Å². The van der Waals surface area contributed by atoms with Gasteiger partial charge in [0.1, 0.15) is 11.6 Å². The maximum absolute atomic E-state index is 5.94. The van der Waals surface area contributed by atoms with Gasteiger partial charge in [-0.25, -0.2) is 9.97 Å². The molecule has 1 heterocycles. The Kier molecular flexibility index (Phi) is 3.04. The number of nitrogens with two attached hydrogens (primary N) is 1. The number of benzene rings is 1. The third kappa shape index (κ3) is 1.98. The topological polar surface area (TPSA) is 51.8 Å². The summed E-state index contributed by atoms with van der Waals surface area (Å²) in [5, 5.41) is 0.940. The van der Waals surface area contributed by atoms with Gasteiger partial charge >= 0.3 is 0 Å². The van der Waals surface area contributed by atoms with Crippen LogP contribution in [0.15, 0.2) is 24.3 Å². The van der Waals surface area contributed by atoms with E-state index < -0.39 is 0 Å². The maximum Gasteiger partial charge on any atom is 0.135 e. The molecule has 0 aliphatic carbocycles. The van der Waals surface area contributed by atoms with E-state index in [0.717, 1.165) is 29.6 Å². The van der Waals surface area contributed by atoms with Gasteiger partial charge in [-0.2, -0.15) is 0 Å². The minimum Gasteiger partial charge on any atom is -0.383 e. The van der Waals surface area contributed by atoms with E-state index in [4.69, 9.17) is 5.73 Å². The Labute approximate surface area is 95.7 Å². The number of rotatable bonds is 3. The van der Waals surface area contributed by atoms with Crippen molar-refractivity contribution >= 4 is 16.7 Å². The number of fused-ring (bicyclic) bond motifs is 1. The van der Waals surface area contributed by atoms with Crippen LogP contribution in [-0.4, -0.2) is 9.97 Å². The summed E-state index contributed by atoms with van der Waals surface area (Å²) in [6.07, 6.45) is 2.23. The molecule has 0 bridgehead atoms. The second kappa shape index (κ2) is 4.47. The molecule has 0 saturated heterocycles. The van der Waals surface area contributed by atoms with Gasteiger partial charge in [0, 0.05) is 11.3 Å². The Morgan fingerprint density at radius 1 is 1.25 bits per heavy atom. The van der Waals surface area contributed by atoms with Crippen molar-refractivity contribution in [2.75, 3.05) is 5.73 Å². The Bertz CT molecular complexity index is 494. The minimum absolute atomic E-state index is 0.372. The lowest BCUT2D eigenvalue weighted by Gasteiger charge is -2.10. The van der Waals surface area contributed by atoms with Gasteiger partial charge in [0.05, 0.1) is 5.52 Å². The fourth-order valence-electron chi connectivity index (χ4n) is 1.90. The molecule has 84 valence electrons. The van der Waals surface area contributed by atoms with Crippen molar-refractivity contribution in [2.45, 2.75) is 32.6 Å². The summed E-state index contributed by atoms with van der Waals surface area (Å²) in [6.45, 7) is 4.31. The second-order valence-corrected chi connectivity index (χ2v) is 4.17. The number of hydrogen-bond donors (Lipinski definition) is 1. The van der Waals surface area contributed by atoms with Crippen molar-refractivity contribution in [3.8, 4) is 0 Å². The van der Waals surface area contributed by atoms with Crippen LogP contribution in [0.5, 0.6) is 0 Å². The van der Waals surface area contributed by atoms with E-state index in [1.165, 1.54) is 0 Å². The van der Waals surface area contributed by atoms with E-state index in [9.17, 15) is 0 Å². The monoisotopic (exact) mass is 215 g/mol. The van der Waals surface area contributed by atoms with Crippen molar-refractivity contribution in [3.63, 3.8) is 0 Å². The van der Waals surface area contributed by atoms with Crippen LogP contribution in [0.4, 0.5) is 5.82 Å². The summed E-state index contributed by atoms with van der Waals surface area (Å²) in [6, 6.07) is 7.87. The fourth-order valence-corrected chi connectivity index (χ4v) is 1.90. The second-order valence-electron chi connectivity index (χ2n) is 4.17. The van der Waals surface area contributed by atoms with Crippen molar-refractivity contribution in [3.05, 3.63) is 30.1 Å². The highest BCUT2D eigenvalue weighted by Crippen LogP contribution is 2.22. The van der Waals surface area contributed by atoms with Gasteiger partial charge in [0.15, 0.2) is 0 Å². The molecule has 2 aromatic rings. The largest absolute Gasteiger partial charge is 0.383 e. The zero-order chi connectivity index (χ0) is 11.5. The summed E-state index contributed by atoms with van der Waals surface area (Å²) in [7, 11) is 0. The maximum atomic E-state index is 5.94. The van der Waals surface area contributed by atoms with Crippen LogP contribution in [0.3, 0.4) is 0 Å². The number of nitrogens with zero attached hydrogens (tertiary/aromatic N) is 2. The van der Waals surface area contributed by atoms with Crippen LogP contribution in [0, 0.1) is 0 Å². The molecule has 16 heavy (non-hydrogen) atoms. The van der Waals surface area contributed by atoms with Gasteiger partial charge < -0.3 is 5.73 Å². The first-order chi connectivity index (χ1) is 7.72. The Hall–Kier alpha value is -1.64. The Morgan fingerprint density at radius 2 is 2.00 bits per heavy atom. The number of anilines is 1. The lowest BCUT2D eigenvalue weighted by atomic mass is 10.1. The molecule has 2 rings (SSSR count). The summed E-state index contributed by atoms with van der Waals surface area (Å²) >= 11 is 0. The number of para-hydroxylation sites is 1. The third-order valence-corrected chi connectivity index (χ3v) is 2.81. The van der Waals surface area contributed by atoms with Crippen LogP contribution >= 0.6 is 0 Å². The molecule has 1 aromatic heterocycles. The van der Waals surface area contributed by atoms with Gasteiger partial charge in [-0.05, 0) is 18.6 Å². The minimum atomic E-state index is 0.372. The Balaban J connectivity index is 2.49. The molecular weight excluding hydrogens is 198 g/mol. The first-order valence-electron chi connectivity index (χ1n) is 5.74. The van der Waals surface area contributed by atoms with E-state index >= 15 is 0 Å². The van der Waals surface area contributed by atoms with E-state index in [0.29, 0.717) is 11.7 Å². The zero-order valence-corrected chi connectivity index (χ0v) is 9.77. The van der Waals surface area contributed by atoms with Crippen LogP contribution in [-0.2, 0) is 0 Å². The average molecular weight is 215 g/mol. The number of hydrogen-bond acceptors (Lipinski definition) is 3. The molecule has 0 spiro atoms. The summed E-state index contributed by atoms with van der Waals surface area (Å²) in [4.78, 5) is 8.95. The lowest BCUT2D eigenvalue weighted by Crippen LogP contribution is -2.04. The van der Waals surface area contributed by atoms with Crippen molar-refractivity contribution < 1.29 is 0 Å². The molecule has 0 saturated carbocycles. The van der Waals surface area contributed by atoms with Crippen molar-refractivity contribution in [2.24, 2.45) is 0 Å². The smallest absolute Gasteiger partial charge is 0.135 e. The third-order valence-electron chi connectivity index (χ3n) is 2.81. The first kappa shape index (κ1) is 10.9. The lowest BCUT2D eigenvalue weighted by molar-refractivity contribution is 0.630. The average Bonchev–Trinajstić information content (AvgIpc) is 2.29. The van der Waals surface area contributed by atoms with Gasteiger partial charge in [-0.1, -0.05) is 32.4 Å². The van der Waals surface area contributed by atoms with E-state index in [1.807, 2.05) is 24.3 Å². The standard InChI is InChI=1S/C13H17N3/c1-3-6-9(2)13-15-11-8-5-4-7-10(11)12(14)16-13/h4-5,7-9H,3,6H2,1-2H3,(H2,14,15,16). The van der Waals surface area contributed by atoms with Crippen LogP contribution in [0.2, 0.25) is 0 Å². The molecule has 1 unspecified atom stereocenters. The molecule has 0 amide bonds. The van der Waals surface area contributed by atoms with E-state index in [2.05, 4.69) is 23.8 Å². The van der Waals surface area contributed by atoms with Crippen molar-refractivity contribution in [1.82, 2.24) is 9.97 Å². The van der Waals surface area contributed by atoms with E-state index in [-0.39, 0.29) is 0 Å². The normalized spacial score (nSPS) is 12.9. The molecule has 0 radical (unpaired) electrons. The van der Waals surface area contributed by atoms with Crippen LogP contribution < -0.4 is 5.73 Å². The fraction of sp³-hybridized carbons (Fsp3) is 0.385.